The quantitative estimate of drug-likeness (QED) is 0.485. The van der Waals surface area contributed by atoms with E-state index in [1.165, 1.54) is 0 Å². The van der Waals surface area contributed by atoms with Gasteiger partial charge in [-0.3, -0.25) is 15.0 Å². The zero-order valence-electron chi connectivity index (χ0n) is 15.8. The van der Waals surface area contributed by atoms with Gasteiger partial charge in [0.2, 0.25) is 0 Å². The molecule has 0 amide bonds. The van der Waals surface area contributed by atoms with Gasteiger partial charge >= 0.3 is 6.18 Å². The first-order chi connectivity index (χ1) is 13.2. The summed E-state index contributed by atoms with van der Waals surface area (Å²) in [5.74, 6) is 0. The Hall–Kier alpha value is -1.91. The highest BCUT2D eigenvalue weighted by atomic mass is 19.4. The molecule has 1 aromatic carbocycles. The fourth-order valence-electron chi connectivity index (χ4n) is 3.49. The lowest BCUT2D eigenvalue weighted by atomic mass is 9.83. The van der Waals surface area contributed by atoms with Crippen molar-refractivity contribution in [3.05, 3.63) is 33.9 Å². The van der Waals surface area contributed by atoms with Gasteiger partial charge in [0.1, 0.15) is 0 Å². The Morgan fingerprint density at radius 1 is 1.32 bits per heavy atom. The molecule has 0 saturated carbocycles. The van der Waals surface area contributed by atoms with Gasteiger partial charge in [-0.15, -0.1) is 0 Å². The van der Waals surface area contributed by atoms with Crippen molar-refractivity contribution in [1.29, 1.82) is 0 Å². The number of morpholine rings is 1. The van der Waals surface area contributed by atoms with Crippen molar-refractivity contribution in [3.63, 3.8) is 0 Å². The number of hydrogen-bond donors (Lipinski definition) is 2. The summed E-state index contributed by atoms with van der Waals surface area (Å²) < 4.78 is 45.5. The van der Waals surface area contributed by atoms with Crippen LogP contribution in [-0.4, -0.2) is 60.9 Å². The fraction of sp³-hybridized carbons (Fsp3) is 0.667. The Morgan fingerprint density at radius 2 is 2.00 bits per heavy atom. The largest absolute Gasteiger partial charge is 0.418 e. The lowest BCUT2D eigenvalue weighted by molar-refractivity contribution is -0.385. The third-order valence-electron chi connectivity index (χ3n) is 4.95. The number of alkyl halides is 3. The Kier molecular flexibility index (Phi) is 7.62. The standard InChI is InChI=1S/C18H26F3N3O4/c1-2-5-17(13-25,12-23-6-8-28-9-7-23)11-22-16-4-3-14(24(26)27)10-15(16)18(19,20)21/h3-4,10,22,25H,2,5-9,11-13H2,1H3. The minimum Gasteiger partial charge on any atom is -0.396 e. The van der Waals surface area contributed by atoms with E-state index in [0.717, 1.165) is 18.6 Å². The maximum absolute atomic E-state index is 13.4. The van der Waals surface area contributed by atoms with E-state index in [0.29, 0.717) is 45.3 Å². The first-order valence-corrected chi connectivity index (χ1v) is 9.21. The number of aliphatic hydroxyl groups excluding tert-OH is 1. The topological polar surface area (TPSA) is 87.9 Å². The highest BCUT2D eigenvalue weighted by Gasteiger charge is 2.37. The number of non-ortho nitro benzene ring substituents is 1. The molecule has 0 bridgehead atoms. The van der Waals surface area contributed by atoms with Crippen molar-refractivity contribution < 1.29 is 27.9 Å². The number of nitrogens with zero attached hydrogens (tertiary/aromatic N) is 2. The molecule has 0 aromatic heterocycles. The molecule has 1 saturated heterocycles. The zero-order valence-corrected chi connectivity index (χ0v) is 15.8. The van der Waals surface area contributed by atoms with Gasteiger partial charge in [-0.05, 0) is 12.5 Å². The minimum atomic E-state index is -4.73. The molecule has 1 unspecified atom stereocenters. The number of rotatable bonds is 9. The lowest BCUT2D eigenvalue weighted by Crippen LogP contribution is -2.48. The molecule has 1 heterocycles. The van der Waals surface area contributed by atoms with Gasteiger partial charge in [-0.1, -0.05) is 13.3 Å². The molecule has 10 heteroatoms. The van der Waals surface area contributed by atoms with E-state index in [-0.39, 0.29) is 18.8 Å². The summed E-state index contributed by atoms with van der Waals surface area (Å²) in [6, 6.07) is 2.65. The molecule has 2 rings (SSSR count). The predicted octanol–water partition coefficient (Wildman–Crippen LogP) is 3.14. The van der Waals surface area contributed by atoms with Gasteiger partial charge in [-0.2, -0.15) is 13.2 Å². The average molecular weight is 405 g/mol. The van der Waals surface area contributed by atoms with E-state index in [9.17, 15) is 28.4 Å². The van der Waals surface area contributed by atoms with Crippen molar-refractivity contribution >= 4 is 11.4 Å². The Morgan fingerprint density at radius 3 is 2.54 bits per heavy atom. The number of nitro groups is 1. The maximum Gasteiger partial charge on any atom is 0.418 e. The van der Waals surface area contributed by atoms with E-state index in [1.54, 1.807) is 0 Å². The van der Waals surface area contributed by atoms with Crippen LogP contribution in [0.15, 0.2) is 18.2 Å². The lowest BCUT2D eigenvalue weighted by Gasteiger charge is -2.39. The molecule has 2 N–H and O–H groups in total. The number of anilines is 1. The van der Waals surface area contributed by atoms with Crippen LogP contribution >= 0.6 is 0 Å². The molecular formula is C18H26F3N3O4. The van der Waals surface area contributed by atoms with Crippen LogP contribution in [0, 0.1) is 15.5 Å². The molecule has 1 aromatic rings. The molecule has 0 radical (unpaired) electrons. The molecule has 1 aliphatic heterocycles. The van der Waals surface area contributed by atoms with Gasteiger partial charge in [0.15, 0.2) is 0 Å². The Labute approximate surface area is 161 Å². The normalized spacial score (nSPS) is 17.9. The van der Waals surface area contributed by atoms with Crippen LogP contribution in [0.4, 0.5) is 24.5 Å². The van der Waals surface area contributed by atoms with Crippen molar-refractivity contribution in [3.8, 4) is 0 Å². The first kappa shape index (κ1) is 22.4. The molecule has 28 heavy (non-hydrogen) atoms. The van der Waals surface area contributed by atoms with Crippen molar-refractivity contribution in [2.24, 2.45) is 5.41 Å². The van der Waals surface area contributed by atoms with Crippen molar-refractivity contribution in [2.45, 2.75) is 25.9 Å². The van der Waals surface area contributed by atoms with Crippen LogP contribution in [0.5, 0.6) is 0 Å². The van der Waals surface area contributed by atoms with E-state index < -0.39 is 27.8 Å². The number of nitro benzene ring substituents is 1. The molecule has 1 fully saturated rings. The van der Waals surface area contributed by atoms with Crippen molar-refractivity contribution in [1.82, 2.24) is 4.90 Å². The van der Waals surface area contributed by atoms with Gasteiger partial charge in [0, 0.05) is 49.4 Å². The molecule has 0 spiro atoms. The van der Waals surface area contributed by atoms with Gasteiger partial charge < -0.3 is 15.2 Å². The smallest absolute Gasteiger partial charge is 0.396 e. The molecule has 0 aliphatic carbocycles. The summed E-state index contributed by atoms with van der Waals surface area (Å²) in [6.45, 7) is 5.00. The highest BCUT2D eigenvalue weighted by molar-refractivity contribution is 5.57. The number of nitrogens with one attached hydrogen (secondary N) is 1. The van der Waals surface area contributed by atoms with Crippen LogP contribution in [0.2, 0.25) is 0 Å². The summed E-state index contributed by atoms with van der Waals surface area (Å²) >= 11 is 0. The number of benzene rings is 1. The van der Waals surface area contributed by atoms with Crippen molar-refractivity contribution in [2.75, 3.05) is 51.3 Å². The van der Waals surface area contributed by atoms with Crippen LogP contribution in [-0.2, 0) is 10.9 Å². The predicted molar refractivity (Wildman–Crippen MR) is 98.3 cm³/mol. The monoisotopic (exact) mass is 405 g/mol. The second-order valence-corrected chi connectivity index (χ2v) is 7.13. The van der Waals surface area contributed by atoms with Gasteiger partial charge in [-0.25, -0.2) is 0 Å². The third kappa shape index (κ3) is 5.79. The van der Waals surface area contributed by atoms with E-state index >= 15 is 0 Å². The molecule has 1 aliphatic rings. The summed E-state index contributed by atoms with van der Waals surface area (Å²) in [5.41, 5.74) is -2.56. The number of ether oxygens (including phenoxy) is 1. The van der Waals surface area contributed by atoms with Gasteiger partial charge in [0.05, 0.1) is 30.3 Å². The average Bonchev–Trinajstić information content (AvgIpc) is 2.66. The summed E-state index contributed by atoms with van der Waals surface area (Å²) in [5, 5.41) is 23.7. The highest BCUT2D eigenvalue weighted by Crippen LogP contribution is 2.38. The van der Waals surface area contributed by atoms with Crippen LogP contribution < -0.4 is 5.32 Å². The molecule has 1 atom stereocenters. The fourth-order valence-corrected chi connectivity index (χ4v) is 3.49. The summed E-state index contributed by atoms with van der Waals surface area (Å²) in [7, 11) is 0. The Balaban J connectivity index is 2.22. The second kappa shape index (κ2) is 9.53. The SMILES string of the molecule is CCCC(CO)(CNc1ccc([N+](=O)[O-])cc1C(F)(F)F)CN1CCOCC1. The third-order valence-corrected chi connectivity index (χ3v) is 4.95. The number of hydrogen-bond acceptors (Lipinski definition) is 6. The number of halogens is 3. The Bertz CT molecular complexity index is 666. The minimum absolute atomic E-state index is 0.121. The van der Waals surface area contributed by atoms with E-state index in [4.69, 9.17) is 4.74 Å². The van der Waals surface area contributed by atoms with E-state index in [2.05, 4.69) is 10.2 Å². The van der Waals surface area contributed by atoms with Crippen LogP contribution in [0.1, 0.15) is 25.3 Å². The first-order valence-electron chi connectivity index (χ1n) is 9.21. The molecule has 158 valence electrons. The van der Waals surface area contributed by atoms with Crippen LogP contribution in [0.3, 0.4) is 0 Å². The molecule has 7 nitrogen and oxygen atoms in total. The summed E-state index contributed by atoms with van der Waals surface area (Å²) in [6.07, 6.45) is -3.34. The zero-order chi connectivity index (χ0) is 20.8. The van der Waals surface area contributed by atoms with Gasteiger partial charge in [0.25, 0.3) is 5.69 Å². The summed E-state index contributed by atoms with van der Waals surface area (Å²) in [4.78, 5) is 12.1. The molecular weight excluding hydrogens is 379 g/mol. The number of aliphatic hydroxyl groups is 1. The maximum atomic E-state index is 13.4. The second-order valence-electron chi connectivity index (χ2n) is 7.13. The van der Waals surface area contributed by atoms with E-state index in [1.807, 2.05) is 6.92 Å². The van der Waals surface area contributed by atoms with Crippen LogP contribution in [0.25, 0.3) is 0 Å².